The van der Waals surface area contributed by atoms with Gasteiger partial charge < -0.3 is 9.84 Å². The second-order valence-electron chi connectivity index (χ2n) is 7.03. The standard InChI is InChI=1S/C22H40NO.CH4O/c1-3-4-5-6-7-8-9-10-11-12-13-14-15-17-20-23-21-18-16-19-22(23)24-2;1-2/h16,18-19,21H,3-15,17,20H2,1-2H3;2H,1H3/q+1;. The third kappa shape index (κ3) is 14.1. The first kappa shape index (κ1) is 24.9. The van der Waals surface area contributed by atoms with Crippen LogP contribution in [0.4, 0.5) is 0 Å². The number of hydrogen-bond donors (Lipinski definition) is 1. The van der Waals surface area contributed by atoms with Crippen LogP contribution >= 0.6 is 0 Å². The summed E-state index contributed by atoms with van der Waals surface area (Å²) in [6, 6.07) is 6.14. The number of aliphatic hydroxyl groups is 1. The van der Waals surface area contributed by atoms with Crippen LogP contribution in [0.1, 0.15) is 96.8 Å². The van der Waals surface area contributed by atoms with Crippen molar-refractivity contribution in [2.75, 3.05) is 14.2 Å². The van der Waals surface area contributed by atoms with E-state index >= 15 is 0 Å². The van der Waals surface area contributed by atoms with E-state index in [1.165, 1.54) is 89.9 Å². The third-order valence-corrected chi connectivity index (χ3v) is 4.86. The van der Waals surface area contributed by atoms with E-state index in [2.05, 4.69) is 23.8 Å². The Bertz CT molecular complexity index is 396. The van der Waals surface area contributed by atoms with Crippen LogP contribution in [0.25, 0.3) is 0 Å². The van der Waals surface area contributed by atoms with Gasteiger partial charge in [-0.05, 0) is 12.5 Å². The summed E-state index contributed by atoms with van der Waals surface area (Å²) < 4.78 is 7.59. The van der Waals surface area contributed by atoms with Crippen molar-refractivity contribution < 1.29 is 14.4 Å². The molecule has 0 aromatic carbocycles. The zero-order valence-electron chi connectivity index (χ0n) is 17.7. The number of aryl methyl sites for hydroxylation is 1. The van der Waals surface area contributed by atoms with E-state index in [0.717, 1.165) is 19.5 Å². The van der Waals surface area contributed by atoms with E-state index in [0.29, 0.717) is 0 Å². The minimum atomic E-state index is 0.965. The Hall–Kier alpha value is -1.09. The number of aliphatic hydroxyl groups excluding tert-OH is 1. The van der Waals surface area contributed by atoms with Gasteiger partial charge in [-0.1, -0.05) is 84.0 Å². The van der Waals surface area contributed by atoms with Crippen molar-refractivity contribution in [2.45, 2.75) is 103 Å². The summed E-state index contributed by atoms with van der Waals surface area (Å²) in [7, 11) is 2.75. The van der Waals surface area contributed by atoms with Crippen LogP contribution in [0.5, 0.6) is 5.88 Å². The first-order valence-electron chi connectivity index (χ1n) is 10.9. The summed E-state index contributed by atoms with van der Waals surface area (Å²) in [5, 5.41) is 7.00. The highest BCUT2D eigenvalue weighted by molar-refractivity contribution is 5.01. The highest BCUT2D eigenvalue weighted by atomic mass is 16.5. The second-order valence-corrected chi connectivity index (χ2v) is 7.03. The average Bonchev–Trinajstić information content (AvgIpc) is 2.70. The molecule has 0 bridgehead atoms. The molecule has 0 aliphatic carbocycles. The summed E-state index contributed by atoms with van der Waals surface area (Å²) in [5.41, 5.74) is 0. The van der Waals surface area contributed by atoms with Crippen LogP contribution in [-0.4, -0.2) is 19.3 Å². The number of pyridine rings is 1. The zero-order chi connectivity index (χ0) is 19.3. The number of aromatic nitrogens is 1. The highest BCUT2D eigenvalue weighted by Crippen LogP contribution is 2.13. The first-order chi connectivity index (χ1) is 12.9. The SMILES string of the molecule is CCCCCCCCCCCCCCCC[n+]1ccccc1OC.CO. The molecule has 0 amide bonds. The number of ether oxygens (including phenoxy) is 1. The maximum atomic E-state index is 7.00. The van der Waals surface area contributed by atoms with Gasteiger partial charge in [-0.25, -0.2) is 0 Å². The number of unbranched alkanes of at least 4 members (excludes halogenated alkanes) is 13. The van der Waals surface area contributed by atoms with Gasteiger partial charge in [-0.3, -0.25) is 0 Å². The number of nitrogens with zero attached hydrogens (tertiary/aromatic N) is 1. The van der Waals surface area contributed by atoms with Crippen molar-refractivity contribution in [2.24, 2.45) is 0 Å². The minimum absolute atomic E-state index is 0.965. The van der Waals surface area contributed by atoms with Crippen LogP contribution in [0.15, 0.2) is 24.4 Å². The molecule has 1 aromatic rings. The molecule has 0 fully saturated rings. The van der Waals surface area contributed by atoms with Crippen molar-refractivity contribution in [3.8, 4) is 5.88 Å². The molecule has 1 heterocycles. The first-order valence-corrected chi connectivity index (χ1v) is 10.9. The van der Waals surface area contributed by atoms with Gasteiger partial charge in [-0.2, -0.15) is 4.57 Å². The molecule has 1 rings (SSSR count). The molecule has 1 N–H and O–H groups in total. The lowest BCUT2D eigenvalue weighted by molar-refractivity contribution is -0.702. The van der Waals surface area contributed by atoms with E-state index in [9.17, 15) is 0 Å². The van der Waals surface area contributed by atoms with Crippen LogP contribution in [0.3, 0.4) is 0 Å². The molecule has 0 aliphatic heterocycles. The molecule has 3 heteroatoms. The summed E-state index contributed by atoms with van der Waals surface area (Å²) in [4.78, 5) is 0. The Labute approximate surface area is 162 Å². The van der Waals surface area contributed by atoms with Gasteiger partial charge in [0.25, 0.3) is 0 Å². The Morgan fingerprint density at radius 1 is 0.731 bits per heavy atom. The summed E-state index contributed by atoms with van der Waals surface area (Å²) >= 11 is 0. The molecule has 0 aliphatic rings. The Kier molecular flexibility index (Phi) is 19.4. The molecule has 0 saturated heterocycles. The molecule has 0 spiro atoms. The van der Waals surface area contributed by atoms with Crippen molar-refractivity contribution in [1.29, 1.82) is 0 Å². The van der Waals surface area contributed by atoms with Crippen molar-refractivity contribution >= 4 is 0 Å². The van der Waals surface area contributed by atoms with Gasteiger partial charge in [0.2, 0.25) is 0 Å². The summed E-state index contributed by atoms with van der Waals surface area (Å²) in [6.45, 7) is 3.36. The summed E-state index contributed by atoms with van der Waals surface area (Å²) in [6.07, 6.45) is 21.9. The highest BCUT2D eigenvalue weighted by Gasteiger charge is 2.07. The normalized spacial score (nSPS) is 10.3. The quantitative estimate of drug-likeness (QED) is 0.284. The number of methoxy groups -OCH3 is 1. The number of rotatable bonds is 16. The Morgan fingerprint density at radius 3 is 1.65 bits per heavy atom. The molecule has 26 heavy (non-hydrogen) atoms. The summed E-state index contributed by atoms with van der Waals surface area (Å²) in [5.74, 6) is 0.965. The van der Waals surface area contributed by atoms with Crippen LogP contribution in [0, 0.1) is 0 Å². The molecule has 0 atom stereocenters. The van der Waals surface area contributed by atoms with Crippen LogP contribution < -0.4 is 9.30 Å². The Morgan fingerprint density at radius 2 is 1.19 bits per heavy atom. The van der Waals surface area contributed by atoms with Gasteiger partial charge >= 0.3 is 5.88 Å². The molecule has 0 saturated carbocycles. The maximum absolute atomic E-state index is 7.00. The largest absolute Gasteiger partial charge is 0.448 e. The fraction of sp³-hybridized carbons (Fsp3) is 0.783. The topological polar surface area (TPSA) is 33.3 Å². The van der Waals surface area contributed by atoms with Crippen molar-refractivity contribution in [3.05, 3.63) is 24.4 Å². The van der Waals surface area contributed by atoms with Crippen LogP contribution in [0.2, 0.25) is 0 Å². The van der Waals surface area contributed by atoms with Gasteiger partial charge in [0.1, 0.15) is 0 Å². The van der Waals surface area contributed by atoms with Gasteiger partial charge in [0, 0.05) is 19.6 Å². The molecule has 0 radical (unpaired) electrons. The predicted octanol–water partition coefficient (Wildman–Crippen LogP) is 6.07. The lowest BCUT2D eigenvalue weighted by Crippen LogP contribution is -2.34. The fourth-order valence-electron chi connectivity index (χ4n) is 3.31. The molecule has 152 valence electrons. The average molecular weight is 367 g/mol. The van der Waals surface area contributed by atoms with Crippen LogP contribution in [-0.2, 0) is 6.54 Å². The van der Waals surface area contributed by atoms with Gasteiger partial charge in [0.15, 0.2) is 12.7 Å². The lowest BCUT2D eigenvalue weighted by atomic mass is 10.0. The van der Waals surface area contributed by atoms with E-state index in [4.69, 9.17) is 9.84 Å². The molecular formula is C23H44NO2+. The van der Waals surface area contributed by atoms with Crippen molar-refractivity contribution in [3.63, 3.8) is 0 Å². The molecule has 3 nitrogen and oxygen atoms in total. The van der Waals surface area contributed by atoms with E-state index in [1.807, 2.05) is 12.1 Å². The Balaban J connectivity index is 0.00000301. The third-order valence-electron chi connectivity index (χ3n) is 4.86. The fourth-order valence-corrected chi connectivity index (χ4v) is 3.31. The zero-order valence-corrected chi connectivity index (χ0v) is 17.7. The monoisotopic (exact) mass is 366 g/mol. The minimum Gasteiger partial charge on any atom is -0.448 e. The predicted molar refractivity (Wildman–Crippen MR) is 112 cm³/mol. The molecule has 1 aromatic heterocycles. The van der Waals surface area contributed by atoms with Gasteiger partial charge in [-0.15, -0.1) is 0 Å². The van der Waals surface area contributed by atoms with Crippen molar-refractivity contribution in [1.82, 2.24) is 0 Å². The second kappa shape index (κ2) is 20.2. The lowest BCUT2D eigenvalue weighted by Gasteiger charge is -2.03. The molecular weight excluding hydrogens is 322 g/mol. The maximum Gasteiger partial charge on any atom is 0.367 e. The van der Waals surface area contributed by atoms with E-state index < -0.39 is 0 Å². The smallest absolute Gasteiger partial charge is 0.367 e. The van der Waals surface area contributed by atoms with Gasteiger partial charge in [0.05, 0.1) is 13.2 Å². The van der Waals surface area contributed by atoms with E-state index in [-0.39, 0.29) is 0 Å². The molecule has 0 unspecified atom stereocenters. The number of hydrogen-bond acceptors (Lipinski definition) is 2. The van der Waals surface area contributed by atoms with E-state index in [1.54, 1.807) is 7.11 Å².